The molecule has 106 valence electrons. The smallest absolute Gasteiger partial charge is 0.339 e. The van der Waals surface area contributed by atoms with Crippen LogP contribution in [0.1, 0.15) is 49.3 Å². The fourth-order valence-corrected chi connectivity index (χ4v) is 1.79. The standard InChI is InChI=1S/C15H24N2O2/c1-9-7-11(3)17-13(12(9)14(18)19)16-8-10(2)15(4,5)6/h7,10H,8H2,1-6H3,(H,16,17)(H,18,19). The number of hydrogen-bond acceptors (Lipinski definition) is 3. The SMILES string of the molecule is Cc1cc(C)c(C(=O)O)c(NCC(C)C(C)(C)C)n1. The molecule has 0 saturated heterocycles. The van der Waals surface area contributed by atoms with Gasteiger partial charge in [-0.3, -0.25) is 0 Å². The minimum atomic E-state index is -0.934. The number of pyridine rings is 1. The number of carboxylic acid groups (broad SMARTS) is 1. The second kappa shape index (κ2) is 5.59. The van der Waals surface area contributed by atoms with Gasteiger partial charge in [0.25, 0.3) is 0 Å². The van der Waals surface area contributed by atoms with Crippen LogP contribution in [0.25, 0.3) is 0 Å². The van der Waals surface area contributed by atoms with Gasteiger partial charge in [0.15, 0.2) is 0 Å². The van der Waals surface area contributed by atoms with Gasteiger partial charge in [-0.25, -0.2) is 9.78 Å². The monoisotopic (exact) mass is 264 g/mol. The van der Waals surface area contributed by atoms with Crippen LogP contribution >= 0.6 is 0 Å². The first kappa shape index (κ1) is 15.5. The average molecular weight is 264 g/mol. The van der Waals surface area contributed by atoms with Crippen LogP contribution in [0.3, 0.4) is 0 Å². The Balaban J connectivity index is 2.98. The zero-order chi connectivity index (χ0) is 14.8. The first-order chi connectivity index (χ1) is 8.62. The zero-order valence-electron chi connectivity index (χ0n) is 12.7. The number of carboxylic acids is 1. The minimum absolute atomic E-state index is 0.176. The Bertz CT molecular complexity index is 476. The third-order valence-electron chi connectivity index (χ3n) is 3.61. The summed E-state index contributed by atoms with van der Waals surface area (Å²) in [7, 11) is 0. The third-order valence-corrected chi connectivity index (χ3v) is 3.61. The van der Waals surface area contributed by atoms with Crippen LogP contribution in [-0.2, 0) is 0 Å². The largest absolute Gasteiger partial charge is 0.478 e. The van der Waals surface area contributed by atoms with Gasteiger partial charge >= 0.3 is 5.97 Å². The van der Waals surface area contributed by atoms with Crippen LogP contribution < -0.4 is 5.32 Å². The van der Waals surface area contributed by atoms with Gasteiger partial charge in [-0.1, -0.05) is 27.7 Å². The Morgan fingerprint density at radius 1 is 1.42 bits per heavy atom. The summed E-state index contributed by atoms with van der Waals surface area (Å²) in [5.41, 5.74) is 2.01. The molecule has 0 spiro atoms. The number of aryl methyl sites for hydroxylation is 2. The molecule has 0 aliphatic heterocycles. The molecule has 0 bridgehead atoms. The maximum absolute atomic E-state index is 11.3. The van der Waals surface area contributed by atoms with E-state index >= 15 is 0 Å². The molecule has 4 nitrogen and oxygen atoms in total. The van der Waals surface area contributed by atoms with Crippen LogP contribution in [0.4, 0.5) is 5.82 Å². The molecule has 1 aromatic rings. The normalized spacial score (nSPS) is 13.2. The summed E-state index contributed by atoms with van der Waals surface area (Å²) in [6, 6.07) is 1.79. The number of nitrogens with one attached hydrogen (secondary N) is 1. The van der Waals surface area contributed by atoms with E-state index in [0.29, 0.717) is 18.3 Å². The van der Waals surface area contributed by atoms with Crippen LogP contribution in [-0.4, -0.2) is 22.6 Å². The molecular formula is C15H24N2O2. The van der Waals surface area contributed by atoms with Crippen LogP contribution in [0.5, 0.6) is 0 Å². The highest BCUT2D eigenvalue weighted by atomic mass is 16.4. The van der Waals surface area contributed by atoms with Crippen molar-refractivity contribution in [2.24, 2.45) is 11.3 Å². The van der Waals surface area contributed by atoms with E-state index in [1.807, 2.05) is 6.92 Å². The van der Waals surface area contributed by atoms with Crippen molar-refractivity contribution in [3.05, 3.63) is 22.9 Å². The molecule has 0 radical (unpaired) electrons. The molecular weight excluding hydrogens is 240 g/mol. The van der Waals surface area contributed by atoms with E-state index in [1.165, 1.54) is 0 Å². The van der Waals surface area contributed by atoms with E-state index in [0.717, 1.165) is 11.3 Å². The van der Waals surface area contributed by atoms with E-state index in [2.05, 4.69) is 38.0 Å². The van der Waals surface area contributed by atoms with E-state index in [-0.39, 0.29) is 11.0 Å². The Labute approximate surface area is 115 Å². The first-order valence-electron chi connectivity index (χ1n) is 6.58. The lowest BCUT2D eigenvalue weighted by atomic mass is 9.82. The number of rotatable bonds is 4. The summed E-state index contributed by atoms with van der Waals surface area (Å²) in [5.74, 6) is -0.0474. The molecule has 0 fully saturated rings. The molecule has 1 unspecified atom stereocenters. The number of carbonyl (C=O) groups is 1. The Morgan fingerprint density at radius 2 is 2.00 bits per heavy atom. The second-order valence-corrected chi connectivity index (χ2v) is 6.26. The highest BCUT2D eigenvalue weighted by Crippen LogP contribution is 2.26. The quantitative estimate of drug-likeness (QED) is 0.873. The van der Waals surface area contributed by atoms with Crippen LogP contribution in [0, 0.1) is 25.2 Å². The molecule has 0 aliphatic carbocycles. The predicted octanol–water partition coefficient (Wildman–Crippen LogP) is 3.49. The molecule has 19 heavy (non-hydrogen) atoms. The minimum Gasteiger partial charge on any atom is -0.478 e. The molecule has 1 aromatic heterocycles. The van der Waals surface area contributed by atoms with Crippen molar-refractivity contribution < 1.29 is 9.90 Å². The summed E-state index contributed by atoms with van der Waals surface area (Å²) >= 11 is 0. The van der Waals surface area contributed by atoms with Gasteiger partial charge in [-0.05, 0) is 36.8 Å². The lowest BCUT2D eigenvalue weighted by Gasteiger charge is -2.27. The van der Waals surface area contributed by atoms with Crippen molar-refractivity contribution in [1.82, 2.24) is 4.98 Å². The molecule has 2 N–H and O–H groups in total. The zero-order valence-corrected chi connectivity index (χ0v) is 12.7. The lowest BCUT2D eigenvalue weighted by Crippen LogP contribution is -2.26. The number of aromatic nitrogens is 1. The topological polar surface area (TPSA) is 62.2 Å². The van der Waals surface area contributed by atoms with Gasteiger partial charge in [0.05, 0.1) is 0 Å². The Kier molecular flexibility index (Phi) is 4.56. The summed E-state index contributed by atoms with van der Waals surface area (Å²) in [5, 5.41) is 12.5. The van der Waals surface area contributed by atoms with Crippen molar-refractivity contribution >= 4 is 11.8 Å². The number of hydrogen-bond donors (Lipinski definition) is 2. The fourth-order valence-electron chi connectivity index (χ4n) is 1.79. The van der Waals surface area contributed by atoms with E-state index in [4.69, 9.17) is 0 Å². The third kappa shape index (κ3) is 3.94. The predicted molar refractivity (Wildman–Crippen MR) is 77.8 cm³/mol. The summed E-state index contributed by atoms with van der Waals surface area (Å²) < 4.78 is 0. The molecule has 0 aliphatic rings. The molecule has 1 atom stereocenters. The van der Waals surface area contributed by atoms with Gasteiger partial charge in [-0.15, -0.1) is 0 Å². The van der Waals surface area contributed by atoms with E-state index in [1.54, 1.807) is 13.0 Å². The van der Waals surface area contributed by atoms with Gasteiger partial charge in [0.1, 0.15) is 11.4 Å². The fraction of sp³-hybridized carbons (Fsp3) is 0.600. The lowest BCUT2D eigenvalue weighted by molar-refractivity contribution is 0.0696. The summed E-state index contributed by atoms with van der Waals surface area (Å²) in [4.78, 5) is 15.6. The molecule has 0 amide bonds. The van der Waals surface area contributed by atoms with Gasteiger partial charge in [0.2, 0.25) is 0 Å². The van der Waals surface area contributed by atoms with E-state index < -0.39 is 5.97 Å². The first-order valence-corrected chi connectivity index (χ1v) is 6.58. The number of nitrogens with zero attached hydrogens (tertiary/aromatic N) is 1. The second-order valence-electron chi connectivity index (χ2n) is 6.26. The van der Waals surface area contributed by atoms with Crippen molar-refractivity contribution in [2.45, 2.75) is 41.5 Å². The van der Waals surface area contributed by atoms with Crippen molar-refractivity contribution in [2.75, 3.05) is 11.9 Å². The Hall–Kier alpha value is -1.58. The van der Waals surface area contributed by atoms with Crippen molar-refractivity contribution in [3.8, 4) is 0 Å². The molecule has 0 aromatic carbocycles. The summed E-state index contributed by atoms with van der Waals surface area (Å²) in [6.45, 7) is 13.0. The highest BCUT2D eigenvalue weighted by molar-refractivity contribution is 5.94. The molecule has 1 rings (SSSR count). The van der Waals surface area contributed by atoms with Gasteiger partial charge in [0, 0.05) is 12.2 Å². The average Bonchev–Trinajstić information content (AvgIpc) is 2.22. The molecule has 1 heterocycles. The van der Waals surface area contributed by atoms with Crippen LogP contribution in [0.2, 0.25) is 0 Å². The maximum atomic E-state index is 11.3. The molecule has 0 saturated carbocycles. The number of aromatic carboxylic acids is 1. The maximum Gasteiger partial charge on any atom is 0.339 e. The summed E-state index contributed by atoms with van der Waals surface area (Å²) in [6.07, 6.45) is 0. The molecule has 4 heteroatoms. The van der Waals surface area contributed by atoms with Gasteiger partial charge < -0.3 is 10.4 Å². The highest BCUT2D eigenvalue weighted by Gasteiger charge is 2.21. The van der Waals surface area contributed by atoms with Crippen molar-refractivity contribution in [1.29, 1.82) is 0 Å². The van der Waals surface area contributed by atoms with Gasteiger partial charge in [-0.2, -0.15) is 0 Å². The van der Waals surface area contributed by atoms with Crippen molar-refractivity contribution in [3.63, 3.8) is 0 Å². The van der Waals surface area contributed by atoms with E-state index in [9.17, 15) is 9.90 Å². The number of anilines is 1. The van der Waals surface area contributed by atoms with Crippen LogP contribution in [0.15, 0.2) is 6.07 Å². The Morgan fingerprint density at radius 3 is 2.47 bits per heavy atom.